The molecule has 1 amide bonds. The second-order valence-electron chi connectivity index (χ2n) is 8.35. The minimum Gasteiger partial charge on any atom is -0.497 e. The topological polar surface area (TPSA) is 86.3 Å². The fourth-order valence-corrected chi connectivity index (χ4v) is 3.86. The minimum atomic E-state index is -4.85. The van der Waals surface area contributed by atoms with Crippen LogP contribution in [0.4, 0.5) is 36.6 Å². The molecule has 0 saturated heterocycles. The molecular formula is C25H15F7N6O2. The summed E-state index contributed by atoms with van der Waals surface area (Å²) in [5.41, 5.74) is -2.63. The van der Waals surface area contributed by atoms with Gasteiger partial charge in [0.25, 0.3) is 5.91 Å². The Morgan fingerprint density at radius 3 is 2.30 bits per heavy atom. The monoisotopic (exact) mass is 564 g/mol. The number of rotatable bonds is 6. The highest BCUT2D eigenvalue weighted by Gasteiger charge is 2.36. The van der Waals surface area contributed by atoms with E-state index in [2.05, 4.69) is 20.5 Å². The Kier molecular flexibility index (Phi) is 6.65. The molecule has 15 heteroatoms. The summed E-state index contributed by atoms with van der Waals surface area (Å²) in [6.07, 6.45) is -2.79. The smallest absolute Gasteiger partial charge is 0.433 e. The van der Waals surface area contributed by atoms with E-state index in [4.69, 9.17) is 4.74 Å². The van der Waals surface area contributed by atoms with Crippen LogP contribution >= 0.6 is 0 Å². The molecule has 0 aliphatic heterocycles. The molecule has 3 heterocycles. The largest absolute Gasteiger partial charge is 0.497 e. The number of aromatic nitrogens is 5. The number of nitrogens with one attached hydrogen (secondary N) is 1. The lowest BCUT2D eigenvalue weighted by Gasteiger charge is -2.12. The zero-order valence-electron chi connectivity index (χ0n) is 20.1. The van der Waals surface area contributed by atoms with Crippen LogP contribution in [0.5, 0.6) is 5.75 Å². The van der Waals surface area contributed by atoms with Crippen molar-refractivity contribution in [2.45, 2.75) is 12.7 Å². The molecule has 2 aromatic carbocycles. The first kappa shape index (κ1) is 26.6. The molecule has 1 N–H and O–H groups in total. The van der Waals surface area contributed by atoms with E-state index < -0.39 is 58.8 Å². The minimum absolute atomic E-state index is 0.0669. The fraction of sp³-hybridized carbons (Fsp3) is 0.120. The number of methoxy groups -OCH3 is 1. The lowest BCUT2D eigenvalue weighted by Crippen LogP contribution is -2.16. The Hall–Kier alpha value is -4.95. The van der Waals surface area contributed by atoms with Crippen molar-refractivity contribution in [3.8, 4) is 17.0 Å². The molecule has 0 fully saturated rings. The molecule has 0 bridgehead atoms. The third-order valence-electron chi connectivity index (χ3n) is 5.80. The van der Waals surface area contributed by atoms with Gasteiger partial charge in [-0.25, -0.2) is 27.1 Å². The molecule has 206 valence electrons. The maximum Gasteiger partial charge on any atom is 0.433 e. The van der Waals surface area contributed by atoms with Crippen molar-refractivity contribution in [2.24, 2.45) is 0 Å². The van der Waals surface area contributed by atoms with Crippen molar-refractivity contribution < 1.29 is 40.3 Å². The summed E-state index contributed by atoms with van der Waals surface area (Å²) in [6.45, 7) is -0.722. The molecule has 0 spiro atoms. The summed E-state index contributed by atoms with van der Waals surface area (Å²) in [7, 11) is 1.43. The van der Waals surface area contributed by atoms with E-state index in [1.807, 2.05) is 0 Å². The van der Waals surface area contributed by atoms with Crippen molar-refractivity contribution in [1.82, 2.24) is 24.4 Å². The van der Waals surface area contributed by atoms with Crippen LogP contribution in [0.25, 0.3) is 16.9 Å². The number of carbonyl (C=O) groups is 1. The van der Waals surface area contributed by atoms with Gasteiger partial charge >= 0.3 is 6.18 Å². The molecule has 5 rings (SSSR count). The zero-order valence-corrected chi connectivity index (χ0v) is 20.1. The molecule has 0 saturated carbocycles. The number of anilines is 1. The van der Waals surface area contributed by atoms with Crippen molar-refractivity contribution in [2.75, 3.05) is 12.4 Å². The first-order chi connectivity index (χ1) is 19.0. The highest BCUT2D eigenvalue weighted by atomic mass is 19.4. The van der Waals surface area contributed by atoms with Crippen LogP contribution in [-0.2, 0) is 12.7 Å². The van der Waals surface area contributed by atoms with Crippen LogP contribution in [0.15, 0.2) is 54.9 Å². The van der Waals surface area contributed by atoms with Gasteiger partial charge in [-0.1, -0.05) is 0 Å². The number of benzene rings is 2. The Morgan fingerprint density at radius 2 is 1.68 bits per heavy atom. The van der Waals surface area contributed by atoms with Gasteiger partial charge < -0.3 is 10.1 Å². The summed E-state index contributed by atoms with van der Waals surface area (Å²) in [6, 6.07) is 8.12. The predicted molar refractivity (Wildman–Crippen MR) is 126 cm³/mol. The van der Waals surface area contributed by atoms with Crippen LogP contribution in [0.2, 0.25) is 0 Å². The van der Waals surface area contributed by atoms with E-state index in [1.54, 1.807) is 0 Å². The average molecular weight is 564 g/mol. The molecule has 0 unspecified atom stereocenters. The van der Waals surface area contributed by atoms with Gasteiger partial charge in [-0.15, -0.1) is 0 Å². The number of hydrogen-bond acceptors (Lipinski definition) is 5. The van der Waals surface area contributed by atoms with E-state index in [0.717, 1.165) is 23.1 Å². The van der Waals surface area contributed by atoms with Gasteiger partial charge in [-0.2, -0.15) is 23.4 Å². The number of hydrogen-bond donors (Lipinski definition) is 1. The molecular weight excluding hydrogens is 549 g/mol. The lowest BCUT2D eigenvalue weighted by atomic mass is 10.1. The molecule has 8 nitrogen and oxygen atoms in total. The SMILES string of the molecule is COc1ccc(-c2cc(C(F)(F)F)n3ncc(C(=O)Nc4ccn(Cc5c(F)c(F)cc(F)c5F)n4)c3n2)cc1. The van der Waals surface area contributed by atoms with E-state index in [9.17, 15) is 35.5 Å². The number of carbonyl (C=O) groups excluding carboxylic acids is 1. The number of ether oxygens (including phenoxy) is 1. The number of amides is 1. The number of fused-ring (bicyclic) bond motifs is 1. The highest BCUT2D eigenvalue weighted by Crippen LogP contribution is 2.33. The first-order valence-electron chi connectivity index (χ1n) is 11.2. The molecule has 0 aliphatic carbocycles. The van der Waals surface area contributed by atoms with Crippen molar-refractivity contribution >= 4 is 17.4 Å². The van der Waals surface area contributed by atoms with Gasteiger partial charge in [-0.3, -0.25) is 9.48 Å². The summed E-state index contributed by atoms with van der Waals surface area (Å²) in [5.74, 6) is -7.05. The normalized spacial score (nSPS) is 11.7. The molecule has 40 heavy (non-hydrogen) atoms. The Balaban J connectivity index is 1.46. The Morgan fingerprint density at radius 1 is 1.00 bits per heavy atom. The second kappa shape index (κ2) is 9.98. The van der Waals surface area contributed by atoms with Crippen LogP contribution in [-0.4, -0.2) is 37.4 Å². The van der Waals surface area contributed by atoms with Crippen LogP contribution in [0.3, 0.4) is 0 Å². The Labute approximate surface area is 219 Å². The fourth-order valence-electron chi connectivity index (χ4n) is 3.86. The van der Waals surface area contributed by atoms with Gasteiger partial charge in [0.05, 0.1) is 31.1 Å². The summed E-state index contributed by atoms with van der Waals surface area (Å²) in [5, 5.41) is 9.89. The first-order valence-corrected chi connectivity index (χ1v) is 11.2. The van der Waals surface area contributed by atoms with Gasteiger partial charge in [0.2, 0.25) is 0 Å². The number of nitrogens with zero attached hydrogens (tertiary/aromatic N) is 5. The molecule has 0 radical (unpaired) electrons. The van der Waals surface area contributed by atoms with E-state index in [1.165, 1.54) is 37.4 Å². The van der Waals surface area contributed by atoms with Crippen LogP contribution in [0, 0.1) is 23.3 Å². The van der Waals surface area contributed by atoms with Crippen molar-refractivity contribution in [1.29, 1.82) is 0 Å². The summed E-state index contributed by atoms with van der Waals surface area (Å²) >= 11 is 0. The van der Waals surface area contributed by atoms with Crippen LogP contribution in [0.1, 0.15) is 21.6 Å². The quantitative estimate of drug-likeness (QED) is 0.218. The van der Waals surface area contributed by atoms with Gasteiger partial charge in [-0.05, 0) is 30.3 Å². The zero-order chi connectivity index (χ0) is 28.8. The standard InChI is InChI=1S/C25H15F7N6O2/c1-40-13-4-2-12(3-5-13)18-9-19(25(30,31)32)38-23(34-18)14(10-33-38)24(39)35-20-6-7-37(36-20)11-15-21(28)16(26)8-17(27)22(15)29/h2-10H,11H2,1H3,(H,35,36,39). The van der Waals surface area contributed by atoms with Gasteiger partial charge in [0.1, 0.15) is 11.3 Å². The van der Waals surface area contributed by atoms with E-state index in [0.29, 0.717) is 15.8 Å². The highest BCUT2D eigenvalue weighted by molar-refractivity contribution is 6.07. The Bertz CT molecular complexity index is 1720. The summed E-state index contributed by atoms with van der Waals surface area (Å²) in [4.78, 5) is 17.2. The number of halogens is 7. The molecule has 0 atom stereocenters. The number of alkyl halides is 3. The second-order valence-corrected chi connectivity index (χ2v) is 8.35. The maximum atomic E-state index is 14.0. The van der Waals surface area contributed by atoms with Gasteiger partial charge in [0, 0.05) is 23.9 Å². The summed E-state index contributed by atoms with van der Waals surface area (Å²) < 4.78 is 103. The van der Waals surface area contributed by atoms with E-state index >= 15 is 0 Å². The third-order valence-corrected chi connectivity index (χ3v) is 5.80. The third kappa shape index (κ3) is 4.92. The molecule has 3 aromatic heterocycles. The lowest BCUT2D eigenvalue weighted by molar-refractivity contribution is -0.142. The van der Waals surface area contributed by atoms with Gasteiger partial charge in [0.15, 0.2) is 40.4 Å². The predicted octanol–water partition coefficient (Wildman–Crippen LogP) is 5.48. The maximum absolute atomic E-state index is 14.0. The van der Waals surface area contributed by atoms with E-state index in [-0.39, 0.29) is 23.1 Å². The average Bonchev–Trinajstić information content (AvgIpc) is 3.55. The molecule has 5 aromatic rings. The van der Waals surface area contributed by atoms with Crippen molar-refractivity contribution in [3.05, 3.63) is 94.9 Å². The van der Waals surface area contributed by atoms with Crippen molar-refractivity contribution in [3.63, 3.8) is 0 Å². The molecule has 0 aliphatic rings. The van der Waals surface area contributed by atoms with Crippen LogP contribution < -0.4 is 10.1 Å².